The maximum absolute atomic E-state index is 8.03. The second-order valence-electron chi connectivity index (χ2n) is 3.72. The van der Waals surface area contributed by atoms with Crippen LogP contribution in [0, 0.1) is 0 Å². The molecule has 0 spiro atoms. The molecule has 0 bridgehead atoms. The first kappa shape index (κ1) is 7.42. The van der Waals surface area contributed by atoms with Crippen molar-refractivity contribution in [1.29, 1.82) is 0 Å². The number of hydrogen-bond acceptors (Lipinski definition) is 6. The third kappa shape index (κ3) is 3.33. The van der Waals surface area contributed by atoms with E-state index in [0.29, 0.717) is 0 Å². The van der Waals surface area contributed by atoms with E-state index in [2.05, 4.69) is 19.9 Å². The lowest BCUT2D eigenvalue weighted by Crippen LogP contribution is -1.99. The number of ether oxygens (including phenoxy) is 2. The lowest BCUT2D eigenvalue weighted by molar-refractivity contribution is 0.378. The molecule has 0 saturated carbocycles. The summed E-state index contributed by atoms with van der Waals surface area (Å²) in [6, 6.07) is -3.62. The molecule has 8 heteroatoms. The minimum atomic E-state index is -3.08. The quantitative estimate of drug-likeness (QED) is 0.655. The highest BCUT2D eigenvalue weighted by Crippen LogP contribution is 2.38. The van der Waals surface area contributed by atoms with E-state index in [9.17, 15) is 0 Å². The average molecular weight is 359 g/mol. The van der Waals surface area contributed by atoms with Gasteiger partial charge >= 0.3 is 0 Å². The van der Waals surface area contributed by atoms with Gasteiger partial charge in [-0.1, -0.05) is 35.3 Å². The number of methoxy groups -OCH3 is 1. The summed E-state index contributed by atoms with van der Waals surface area (Å²) in [5.74, 6) is -2.70. The molecule has 2 aromatic heterocycles. The Morgan fingerprint density at radius 1 is 0.957 bits per heavy atom. The van der Waals surface area contributed by atoms with Crippen LogP contribution in [0.25, 0.3) is 11.6 Å². The number of nitrogens with zero attached hydrogens (tertiary/aromatic N) is 4. The lowest BCUT2D eigenvalue weighted by atomic mass is 10.3. The number of benzene rings is 1. The Balaban J connectivity index is 2.13. The van der Waals surface area contributed by atoms with E-state index >= 15 is 0 Å². The van der Waals surface area contributed by atoms with Crippen molar-refractivity contribution in [1.82, 2.24) is 19.9 Å². The fraction of sp³-hybridized carbons (Fsp3) is 0.0667. The molecule has 0 radical (unpaired) electrons. The van der Waals surface area contributed by atoms with Gasteiger partial charge in [0.15, 0.2) is 27.6 Å². The number of halogens is 2. The predicted octanol–water partition coefficient (Wildman–Crippen LogP) is 4.04. The molecule has 0 atom stereocenters. The normalized spacial score (nSPS) is 17.1. The molecule has 116 valence electrons. The van der Waals surface area contributed by atoms with E-state index in [1.807, 2.05) is 0 Å². The largest absolute Gasteiger partial charge is 0.493 e. The Hall–Kier alpha value is -2.44. The Bertz CT molecular complexity index is 1230. The van der Waals surface area contributed by atoms with E-state index in [0.717, 1.165) is 0 Å². The molecule has 23 heavy (non-hydrogen) atoms. The van der Waals surface area contributed by atoms with E-state index in [4.69, 9.17) is 46.4 Å². The molecule has 2 heterocycles. The van der Waals surface area contributed by atoms with Crippen LogP contribution in [0.5, 0.6) is 17.2 Å². The third-order valence-corrected chi connectivity index (χ3v) is 2.86. The van der Waals surface area contributed by atoms with Gasteiger partial charge in [0, 0.05) is 12.3 Å². The molecular weight excluding hydrogens is 339 g/mol. The molecule has 6 nitrogen and oxygen atoms in total. The van der Waals surface area contributed by atoms with Gasteiger partial charge in [-0.05, 0) is 18.1 Å². The Kier molecular flexibility index (Phi) is 2.18. The minimum Gasteiger partial charge on any atom is -0.493 e. The standard InChI is InChI=1S/C15H10Cl2N4O2/c1-22-9-5-2-3-6-10(9)23-11-12(16)20-15(21-13(11)17)14-18-7-4-8-19-14/h2-8H,1H3/i1D3,2D,3D,4D,5D,6D,7D,8D. The van der Waals surface area contributed by atoms with Gasteiger partial charge in [0.25, 0.3) is 0 Å². The summed E-state index contributed by atoms with van der Waals surface area (Å²) in [6.45, 7) is 0. The topological polar surface area (TPSA) is 70.0 Å². The van der Waals surface area contributed by atoms with Crippen LogP contribution in [-0.2, 0) is 0 Å². The third-order valence-electron chi connectivity index (χ3n) is 2.35. The predicted molar refractivity (Wildman–Crippen MR) is 86.1 cm³/mol. The molecule has 0 aliphatic heterocycles. The lowest BCUT2D eigenvalue weighted by Gasteiger charge is -2.12. The highest BCUT2D eigenvalue weighted by molar-refractivity contribution is 6.35. The zero-order valence-electron chi connectivity index (χ0n) is 20.9. The first-order chi connectivity index (χ1) is 15.2. The summed E-state index contributed by atoms with van der Waals surface area (Å²) in [5, 5.41) is -0.984. The first-order valence-electron chi connectivity index (χ1n) is 10.7. The van der Waals surface area contributed by atoms with E-state index < -0.39 is 77.2 Å². The summed E-state index contributed by atoms with van der Waals surface area (Å²) < 4.78 is 86.0. The van der Waals surface area contributed by atoms with Crippen molar-refractivity contribution >= 4 is 23.2 Å². The number of aromatic nitrogens is 4. The SMILES string of the molecule is [2H]c1nc(-c2nc(Cl)c(Oc3c([2H])c([2H])c([2H])c([2H])c3OC([2H])([2H])[2H])c(Cl)n2)nc([2H])c1[2H]. The summed E-state index contributed by atoms with van der Waals surface area (Å²) in [7, 11) is -3.08. The van der Waals surface area contributed by atoms with Crippen molar-refractivity contribution in [2.24, 2.45) is 0 Å². The van der Waals surface area contributed by atoms with E-state index in [1.165, 1.54) is 0 Å². The van der Waals surface area contributed by atoms with E-state index in [1.54, 1.807) is 0 Å². The average Bonchev–Trinajstić information content (AvgIpc) is 2.71. The molecule has 0 saturated heterocycles. The highest BCUT2D eigenvalue weighted by Gasteiger charge is 2.17. The van der Waals surface area contributed by atoms with Crippen molar-refractivity contribution in [3.05, 3.63) is 52.9 Å². The zero-order valence-corrected chi connectivity index (χ0v) is 12.4. The smallest absolute Gasteiger partial charge is 0.202 e. The minimum absolute atomic E-state index is 0.326. The van der Waals surface area contributed by atoms with Crippen molar-refractivity contribution in [2.75, 3.05) is 7.04 Å². The molecule has 1 aromatic carbocycles. The van der Waals surface area contributed by atoms with Gasteiger partial charge in [0.05, 0.1) is 20.7 Å². The number of hydrogen-bond donors (Lipinski definition) is 0. The van der Waals surface area contributed by atoms with Gasteiger partial charge in [-0.25, -0.2) is 19.9 Å². The van der Waals surface area contributed by atoms with E-state index in [-0.39, 0.29) is 11.6 Å². The van der Waals surface area contributed by atoms with Crippen LogP contribution in [0.1, 0.15) is 13.7 Å². The van der Waals surface area contributed by atoms with Crippen LogP contribution in [0.2, 0.25) is 10.3 Å². The van der Waals surface area contributed by atoms with Gasteiger partial charge in [-0.3, -0.25) is 0 Å². The zero-order chi connectivity index (χ0) is 24.8. The van der Waals surface area contributed by atoms with Crippen LogP contribution in [0.15, 0.2) is 42.6 Å². The molecule has 0 amide bonds. The highest BCUT2D eigenvalue weighted by atomic mass is 35.5. The maximum Gasteiger partial charge on any atom is 0.202 e. The van der Waals surface area contributed by atoms with Gasteiger partial charge in [-0.2, -0.15) is 0 Å². The fourth-order valence-electron chi connectivity index (χ4n) is 1.43. The van der Waals surface area contributed by atoms with Gasteiger partial charge in [0.1, 0.15) is 0 Å². The molecule has 0 unspecified atom stereocenters. The monoisotopic (exact) mass is 358 g/mol. The van der Waals surface area contributed by atoms with Gasteiger partial charge in [-0.15, -0.1) is 0 Å². The molecule has 0 N–H and O–H groups in total. The van der Waals surface area contributed by atoms with Gasteiger partial charge < -0.3 is 9.47 Å². The first-order valence-corrected chi connectivity index (χ1v) is 6.49. The van der Waals surface area contributed by atoms with Crippen molar-refractivity contribution in [2.45, 2.75) is 0 Å². The number of rotatable bonds is 4. The summed E-state index contributed by atoms with van der Waals surface area (Å²) >= 11 is 12.2. The van der Waals surface area contributed by atoms with Crippen molar-refractivity contribution in [3.8, 4) is 28.9 Å². The van der Waals surface area contributed by atoms with Gasteiger partial charge in [0.2, 0.25) is 11.6 Å². The van der Waals surface area contributed by atoms with Crippen LogP contribution < -0.4 is 9.47 Å². The molecule has 0 fully saturated rings. The molecule has 3 rings (SSSR count). The summed E-state index contributed by atoms with van der Waals surface area (Å²) in [6.07, 6.45) is -1.12. The molecule has 0 aliphatic carbocycles. The maximum atomic E-state index is 8.03. The molecule has 3 aromatic rings. The van der Waals surface area contributed by atoms with Crippen molar-refractivity contribution in [3.63, 3.8) is 0 Å². The van der Waals surface area contributed by atoms with Crippen LogP contribution >= 0.6 is 23.2 Å². The van der Waals surface area contributed by atoms with Crippen LogP contribution in [-0.4, -0.2) is 27.0 Å². The Morgan fingerprint density at radius 3 is 2.26 bits per heavy atom. The Labute approximate surface area is 156 Å². The Morgan fingerprint density at radius 2 is 1.61 bits per heavy atom. The fourth-order valence-corrected chi connectivity index (χ4v) is 1.89. The second kappa shape index (κ2) is 6.76. The van der Waals surface area contributed by atoms with Crippen molar-refractivity contribution < 1.29 is 23.2 Å². The summed E-state index contributed by atoms with van der Waals surface area (Å²) in [5.41, 5.74) is 0. The number of para-hydroxylation sites is 2. The van der Waals surface area contributed by atoms with Crippen LogP contribution in [0.4, 0.5) is 0 Å². The molecular formula is C15H10Cl2N4O2. The molecule has 0 aliphatic rings. The summed E-state index contributed by atoms with van der Waals surface area (Å²) in [4.78, 5) is 15.1. The second-order valence-corrected chi connectivity index (χ2v) is 4.43. The van der Waals surface area contributed by atoms with Crippen LogP contribution in [0.3, 0.4) is 0 Å².